The number of hydrogen-bond acceptors (Lipinski definition) is 4. The van der Waals surface area contributed by atoms with Crippen LogP contribution in [0.25, 0.3) is 33.0 Å². The third-order valence-electron chi connectivity index (χ3n) is 13.7. The van der Waals surface area contributed by atoms with E-state index in [1.807, 2.05) is 0 Å². The Hall–Kier alpha value is -8.54. The fourth-order valence-electron chi connectivity index (χ4n) is 10.8. The molecule has 13 rings (SSSR count). The molecule has 9 aromatic rings. The van der Waals surface area contributed by atoms with Gasteiger partial charge in [-0.2, -0.15) is 0 Å². The van der Waals surface area contributed by atoms with E-state index in [1.54, 1.807) is 0 Å². The van der Waals surface area contributed by atoms with Gasteiger partial charge in [-0.3, -0.25) is 0 Å². The first-order valence-corrected chi connectivity index (χ1v) is 23.1. The van der Waals surface area contributed by atoms with Gasteiger partial charge in [-0.05, 0) is 99.2 Å². The molecule has 4 nitrogen and oxygen atoms in total. The minimum Gasteiger partial charge on any atom is -0.459 e. The predicted octanol–water partition coefficient (Wildman–Crippen LogP) is 14.6. The van der Waals surface area contributed by atoms with Crippen LogP contribution in [0.5, 0.6) is 17.2 Å². The van der Waals surface area contributed by atoms with Crippen molar-refractivity contribution in [3.63, 3.8) is 0 Å². The number of para-hydroxylation sites is 2. The second-order valence-corrected chi connectivity index (χ2v) is 17.5. The van der Waals surface area contributed by atoms with Crippen LogP contribution in [-0.2, 0) is 0 Å². The average Bonchev–Trinajstić information content (AvgIpc) is 3.40. The molecule has 0 spiro atoms. The Kier molecular flexibility index (Phi) is 9.38. The van der Waals surface area contributed by atoms with Gasteiger partial charge in [0.25, 0.3) is 6.71 Å². The van der Waals surface area contributed by atoms with Crippen molar-refractivity contribution in [3.05, 3.63) is 266 Å². The van der Waals surface area contributed by atoms with Crippen molar-refractivity contribution in [2.45, 2.75) is 0 Å². The van der Waals surface area contributed by atoms with Gasteiger partial charge >= 0.3 is 0 Å². The molecule has 4 aliphatic rings. The molecule has 2 aliphatic carbocycles. The first kappa shape index (κ1) is 38.9. The van der Waals surface area contributed by atoms with Gasteiger partial charge < -0.3 is 19.3 Å². The zero-order valence-electron chi connectivity index (χ0n) is 36.6. The fraction of sp³-hybridized carbons (Fsp3) is 0.0323. The number of ether oxygens (including phenoxy) is 2. The quantitative estimate of drug-likeness (QED) is 0.142. The summed E-state index contributed by atoms with van der Waals surface area (Å²) in [4.78, 5) is 4.81. The van der Waals surface area contributed by atoms with Crippen LogP contribution in [0.4, 0.5) is 28.4 Å². The monoisotopic (exact) mass is 858 g/mol. The van der Waals surface area contributed by atoms with Crippen LogP contribution < -0.4 is 30.2 Å². The molecule has 0 aromatic heterocycles. The molecule has 5 heteroatoms. The van der Waals surface area contributed by atoms with E-state index in [1.165, 1.54) is 16.6 Å². The molecule has 0 amide bonds. The first-order valence-electron chi connectivity index (χ1n) is 23.1. The number of rotatable bonds is 8. The van der Waals surface area contributed by atoms with Gasteiger partial charge in [-0.25, -0.2) is 0 Å². The average molecular weight is 859 g/mol. The largest absolute Gasteiger partial charge is 0.459 e. The Balaban J connectivity index is 1.04. The maximum absolute atomic E-state index is 7.21. The lowest BCUT2D eigenvalue weighted by Crippen LogP contribution is -2.54. The molecular weight excluding hydrogens is 816 g/mol. The van der Waals surface area contributed by atoms with Gasteiger partial charge in [0.15, 0.2) is 0 Å². The standard InChI is InChI=1S/C62H43BN2O2/c1-5-20-42(21-6-1)44-24-17-30-48(38-44)65(49-31-18-25-45(39-49)43-22-7-2-8-23-43)55-41-59-61(53-35-16-14-33-51(53)55)63-60-52-34-15-13-32-50(52)54(40-58(60)66-56-36-19-37-57(67-59)62(56)63)64(46-26-9-3-10-27-46)47-28-11-4-12-29-47/h1-41,51,53H. The van der Waals surface area contributed by atoms with Crippen LogP contribution in [0.15, 0.2) is 266 Å². The van der Waals surface area contributed by atoms with E-state index < -0.39 is 0 Å². The molecule has 9 aromatic carbocycles. The van der Waals surface area contributed by atoms with Crippen molar-refractivity contribution in [1.82, 2.24) is 0 Å². The van der Waals surface area contributed by atoms with E-state index in [2.05, 4.69) is 259 Å². The van der Waals surface area contributed by atoms with Gasteiger partial charge in [0.05, 0.1) is 5.69 Å². The van der Waals surface area contributed by atoms with E-state index in [0.717, 1.165) is 90.0 Å². The van der Waals surface area contributed by atoms with E-state index >= 15 is 0 Å². The molecule has 0 bridgehead atoms. The van der Waals surface area contributed by atoms with Gasteiger partial charge in [-0.15, -0.1) is 0 Å². The molecule has 2 atom stereocenters. The Morgan fingerprint density at radius 2 is 0.866 bits per heavy atom. The van der Waals surface area contributed by atoms with Crippen LogP contribution in [0.3, 0.4) is 0 Å². The van der Waals surface area contributed by atoms with Gasteiger partial charge in [0, 0.05) is 63.3 Å². The molecule has 316 valence electrons. The Labute approximate surface area is 391 Å². The van der Waals surface area contributed by atoms with E-state index in [4.69, 9.17) is 9.47 Å². The fourth-order valence-corrected chi connectivity index (χ4v) is 10.8. The van der Waals surface area contributed by atoms with E-state index in [-0.39, 0.29) is 18.5 Å². The number of anilines is 5. The minimum absolute atomic E-state index is 0.00897. The number of nitrogens with zero attached hydrogens (tertiary/aromatic N) is 2. The van der Waals surface area contributed by atoms with Crippen LogP contribution in [0.1, 0.15) is 0 Å². The van der Waals surface area contributed by atoms with E-state index in [0.29, 0.717) is 0 Å². The summed E-state index contributed by atoms with van der Waals surface area (Å²) in [6.07, 6.45) is 11.5. The lowest BCUT2D eigenvalue weighted by atomic mass is 9.31. The SMILES string of the molecule is C1=CC2C(N(c3cccc(-c4ccccc4)c3)c3cccc(-c4ccccc4)c3)=CC3=C(B4c5c(cccc5Oc5cc(N(c6ccccc6)c6ccccc6)c6ccccc6c54)O3)C2C=C1. The zero-order valence-corrected chi connectivity index (χ0v) is 36.6. The molecule has 0 saturated carbocycles. The van der Waals surface area contributed by atoms with Crippen molar-refractivity contribution in [2.24, 2.45) is 11.8 Å². The van der Waals surface area contributed by atoms with Crippen molar-refractivity contribution in [3.8, 4) is 39.5 Å². The van der Waals surface area contributed by atoms with E-state index in [9.17, 15) is 0 Å². The molecule has 0 N–H and O–H groups in total. The predicted molar refractivity (Wildman–Crippen MR) is 277 cm³/mol. The summed E-state index contributed by atoms with van der Waals surface area (Å²) in [5, 5.41) is 2.31. The normalized spacial score (nSPS) is 16.2. The zero-order chi connectivity index (χ0) is 44.3. The summed E-state index contributed by atoms with van der Waals surface area (Å²) in [5.74, 6) is 3.36. The second-order valence-electron chi connectivity index (χ2n) is 17.5. The summed E-state index contributed by atoms with van der Waals surface area (Å²) in [7, 11) is 0. The third kappa shape index (κ3) is 6.62. The van der Waals surface area contributed by atoms with Crippen molar-refractivity contribution >= 4 is 56.8 Å². The lowest BCUT2D eigenvalue weighted by molar-refractivity contribution is 0.411. The minimum atomic E-state index is -0.128. The Bertz CT molecular complexity index is 3370. The summed E-state index contributed by atoms with van der Waals surface area (Å²) >= 11 is 0. The molecule has 2 aliphatic heterocycles. The third-order valence-corrected chi connectivity index (χ3v) is 13.7. The van der Waals surface area contributed by atoms with Gasteiger partial charge in [-0.1, -0.05) is 176 Å². The summed E-state index contributed by atoms with van der Waals surface area (Å²) in [6.45, 7) is -0.128. The second kappa shape index (κ2) is 16.2. The molecular formula is C62H43BN2O2. The van der Waals surface area contributed by atoms with Crippen LogP contribution in [0.2, 0.25) is 0 Å². The van der Waals surface area contributed by atoms with Crippen LogP contribution in [0, 0.1) is 11.8 Å². The smallest absolute Gasteiger partial charge is 0.257 e. The molecule has 0 saturated heterocycles. The van der Waals surface area contributed by atoms with Crippen molar-refractivity contribution < 1.29 is 9.47 Å². The highest BCUT2D eigenvalue weighted by molar-refractivity contribution is 6.95. The van der Waals surface area contributed by atoms with Gasteiger partial charge in [0.2, 0.25) is 0 Å². The lowest BCUT2D eigenvalue weighted by Gasteiger charge is -2.44. The first-order chi connectivity index (χ1) is 33.2. The maximum atomic E-state index is 7.21. The van der Waals surface area contributed by atoms with Crippen molar-refractivity contribution in [2.75, 3.05) is 9.80 Å². The van der Waals surface area contributed by atoms with Crippen molar-refractivity contribution in [1.29, 1.82) is 0 Å². The van der Waals surface area contributed by atoms with Gasteiger partial charge in [0.1, 0.15) is 23.0 Å². The number of hydrogen-bond donors (Lipinski definition) is 0. The molecule has 2 heterocycles. The molecule has 67 heavy (non-hydrogen) atoms. The topological polar surface area (TPSA) is 24.9 Å². The maximum Gasteiger partial charge on any atom is 0.257 e. The summed E-state index contributed by atoms with van der Waals surface area (Å²) < 4.78 is 14.3. The number of benzene rings is 9. The Morgan fingerprint density at radius 1 is 0.373 bits per heavy atom. The highest BCUT2D eigenvalue weighted by atomic mass is 16.5. The summed E-state index contributed by atoms with van der Waals surface area (Å²) in [5.41, 5.74) is 14.7. The molecule has 0 radical (unpaired) electrons. The summed E-state index contributed by atoms with van der Waals surface area (Å²) in [6, 6.07) is 77.8. The highest BCUT2D eigenvalue weighted by Crippen LogP contribution is 2.50. The Morgan fingerprint density at radius 3 is 1.48 bits per heavy atom. The molecule has 2 unspecified atom stereocenters. The highest BCUT2D eigenvalue weighted by Gasteiger charge is 2.48. The number of allylic oxidation sites excluding steroid dienone is 6. The van der Waals surface area contributed by atoms with Crippen LogP contribution >= 0.6 is 0 Å². The number of fused-ring (bicyclic) bond motifs is 7. The van der Waals surface area contributed by atoms with Crippen LogP contribution in [-0.4, -0.2) is 6.71 Å². The molecule has 0 fully saturated rings.